The molecule has 31 heavy (non-hydrogen) atoms. The molecule has 1 aromatic rings. The van der Waals surface area contributed by atoms with Crippen molar-refractivity contribution in [3.05, 3.63) is 35.4 Å². The summed E-state index contributed by atoms with van der Waals surface area (Å²) in [6, 6.07) is 8.28. The Balaban J connectivity index is 0.00000480. The molecule has 0 spiro atoms. The molecular formula is C23H40IN5O2. The maximum absolute atomic E-state index is 12.1. The van der Waals surface area contributed by atoms with E-state index in [9.17, 15) is 4.79 Å². The summed E-state index contributed by atoms with van der Waals surface area (Å²) in [6.45, 7) is 8.91. The first kappa shape index (κ1) is 27.6. The average Bonchev–Trinajstić information content (AvgIpc) is 2.73. The van der Waals surface area contributed by atoms with Gasteiger partial charge in [0.25, 0.3) is 5.91 Å². The van der Waals surface area contributed by atoms with Crippen LogP contribution in [0.4, 0.5) is 0 Å². The molecule has 0 aromatic heterocycles. The Bertz CT molecular complexity index is 688. The van der Waals surface area contributed by atoms with Crippen LogP contribution in [0.2, 0.25) is 0 Å². The van der Waals surface area contributed by atoms with Crippen LogP contribution in [0.1, 0.15) is 42.6 Å². The predicted octanol–water partition coefficient (Wildman–Crippen LogP) is 2.60. The Morgan fingerprint density at radius 1 is 1.29 bits per heavy atom. The number of carbonyl (C=O) groups is 1. The van der Waals surface area contributed by atoms with Gasteiger partial charge in [0, 0.05) is 58.9 Å². The van der Waals surface area contributed by atoms with E-state index >= 15 is 0 Å². The standard InChI is InChI=1S/C23H39N5O2.HI/c1-18(2)30-16-15-28-13-10-21(11-14-28)26-23(24-3)25-12-9-19-7-6-8-20(17-19)22(29)27(4)5;/h6-8,17-18,21H,9-16H2,1-5H3,(H2,24,25,26);1H. The summed E-state index contributed by atoms with van der Waals surface area (Å²) in [7, 11) is 5.36. The van der Waals surface area contributed by atoms with Crippen molar-refractivity contribution in [3.63, 3.8) is 0 Å². The van der Waals surface area contributed by atoms with Crippen LogP contribution < -0.4 is 10.6 Å². The number of nitrogens with one attached hydrogen (secondary N) is 2. The molecule has 0 bridgehead atoms. The zero-order valence-electron chi connectivity index (χ0n) is 19.7. The van der Waals surface area contributed by atoms with Gasteiger partial charge in [0.05, 0.1) is 12.7 Å². The van der Waals surface area contributed by atoms with Crippen molar-refractivity contribution in [3.8, 4) is 0 Å². The van der Waals surface area contributed by atoms with Gasteiger partial charge in [0.2, 0.25) is 0 Å². The molecule has 1 saturated heterocycles. The molecule has 0 atom stereocenters. The molecule has 1 aromatic carbocycles. The number of carbonyl (C=O) groups excluding carboxylic acids is 1. The zero-order chi connectivity index (χ0) is 21.9. The van der Waals surface area contributed by atoms with Crippen LogP contribution in [0.15, 0.2) is 29.3 Å². The fraction of sp³-hybridized carbons (Fsp3) is 0.652. The van der Waals surface area contributed by atoms with Gasteiger partial charge in [-0.25, -0.2) is 0 Å². The molecule has 1 aliphatic heterocycles. The number of piperidine rings is 1. The normalized spacial score (nSPS) is 15.5. The third-order valence-corrected chi connectivity index (χ3v) is 5.30. The molecule has 0 aliphatic carbocycles. The zero-order valence-corrected chi connectivity index (χ0v) is 22.0. The fourth-order valence-electron chi connectivity index (χ4n) is 3.55. The number of aliphatic imine (C=N–C) groups is 1. The second-order valence-corrected chi connectivity index (χ2v) is 8.33. The summed E-state index contributed by atoms with van der Waals surface area (Å²) in [5.41, 5.74) is 1.87. The largest absolute Gasteiger partial charge is 0.377 e. The molecule has 8 heteroatoms. The van der Waals surface area contributed by atoms with Crippen LogP contribution in [-0.4, -0.2) is 87.7 Å². The topological polar surface area (TPSA) is 69.2 Å². The summed E-state index contributed by atoms with van der Waals surface area (Å²) in [5.74, 6) is 0.876. The van der Waals surface area contributed by atoms with Crippen molar-refractivity contribution >= 4 is 35.8 Å². The van der Waals surface area contributed by atoms with E-state index in [1.165, 1.54) is 0 Å². The van der Waals surface area contributed by atoms with Gasteiger partial charge in [0.15, 0.2) is 5.96 Å². The second kappa shape index (κ2) is 14.6. The van der Waals surface area contributed by atoms with E-state index in [4.69, 9.17) is 4.74 Å². The highest BCUT2D eigenvalue weighted by Gasteiger charge is 2.19. The molecule has 2 rings (SSSR count). The molecule has 1 aliphatic rings. The van der Waals surface area contributed by atoms with Gasteiger partial charge in [-0.2, -0.15) is 0 Å². The molecule has 176 valence electrons. The van der Waals surface area contributed by atoms with Crippen LogP contribution in [0.5, 0.6) is 0 Å². The Morgan fingerprint density at radius 2 is 2.00 bits per heavy atom. The summed E-state index contributed by atoms with van der Waals surface area (Å²) in [5, 5.41) is 6.96. The fourth-order valence-corrected chi connectivity index (χ4v) is 3.55. The van der Waals surface area contributed by atoms with E-state index < -0.39 is 0 Å². The van der Waals surface area contributed by atoms with Crippen LogP contribution in [-0.2, 0) is 11.2 Å². The number of likely N-dealkylation sites (tertiary alicyclic amines) is 1. The van der Waals surface area contributed by atoms with E-state index in [0.717, 1.165) is 69.1 Å². The van der Waals surface area contributed by atoms with Gasteiger partial charge >= 0.3 is 0 Å². The maximum Gasteiger partial charge on any atom is 0.253 e. The van der Waals surface area contributed by atoms with Gasteiger partial charge in [-0.1, -0.05) is 12.1 Å². The smallest absolute Gasteiger partial charge is 0.253 e. The summed E-state index contributed by atoms with van der Waals surface area (Å²) < 4.78 is 5.66. The third kappa shape index (κ3) is 10.2. The predicted molar refractivity (Wildman–Crippen MR) is 139 cm³/mol. The molecular weight excluding hydrogens is 505 g/mol. The third-order valence-electron chi connectivity index (χ3n) is 5.30. The molecule has 1 heterocycles. The molecule has 7 nitrogen and oxygen atoms in total. The van der Waals surface area contributed by atoms with Crippen molar-refractivity contribution in [1.82, 2.24) is 20.4 Å². The number of hydrogen-bond donors (Lipinski definition) is 2. The van der Waals surface area contributed by atoms with Crippen LogP contribution in [0.25, 0.3) is 0 Å². The first-order valence-electron chi connectivity index (χ1n) is 11.0. The maximum atomic E-state index is 12.1. The molecule has 1 amide bonds. The molecule has 0 saturated carbocycles. The van der Waals surface area contributed by atoms with E-state index in [1.807, 2.05) is 25.2 Å². The number of amides is 1. The summed E-state index contributed by atoms with van der Waals surface area (Å²) >= 11 is 0. The monoisotopic (exact) mass is 545 g/mol. The number of halogens is 1. The lowest BCUT2D eigenvalue weighted by atomic mass is 10.1. The SMILES string of the molecule is CN=C(NCCc1cccc(C(=O)N(C)C)c1)NC1CCN(CCOC(C)C)CC1.I. The van der Waals surface area contributed by atoms with Gasteiger partial charge < -0.3 is 25.2 Å². The minimum Gasteiger partial charge on any atom is -0.377 e. The van der Waals surface area contributed by atoms with Crippen molar-refractivity contribution in [2.24, 2.45) is 4.99 Å². The van der Waals surface area contributed by atoms with E-state index in [2.05, 4.69) is 40.4 Å². The van der Waals surface area contributed by atoms with E-state index in [-0.39, 0.29) is 29.9 Å². The van der Waals surface area contributed by atoms with E-state index in [1.54, 1.807) is 19.0 Å². The Morgan fingerprint density at radius 3 is 2.61 bits per heavy atom. The van der Waals surface area contributed by atoms with Crippen LogP contribution in [0.3, 0.4) is 0 Å². The summed E-state index contributed by atoms with van der Waals surface area (Å²) in [6.07, 6.45) is 3.35. The van der Waals surface area contributed by atoms with Crippen molar-refractivity contribution in [2.45, 2.75) is 45.3 Å². The summed E-state index contributed by atoms with van der Waals surface area (Å²) in [4.78, 5) is 20.6. The van der Waals surface area contributed by atoms with Crippen molar-refractivity contribution in [2.75, 3.05) is 53.9 Å². The minimum atomic E-state index is 0. The Kier molecular flexibility index (Phi) is 13.0. The van der Waals surface area contributed by atoms with Crippen molar-refractivity contribution in [1.29, 1.82) is 0 Å². The van der Waals surface area contributed by atoms with Gasteiger partial charge in [0.1, 0.15) is 0 Å². The van der Waals surface area contributed by atoms with Crippen LogP contribution in [0, 0.1) is 0 Å². The lowest BCUT2D eigenvalue weighted by molar-refractivity contribution is 0.0532. The first-order valence-corrected chi connectivity index (χ1v) is 11.0. The van der Waals surface area contributed by atoms with Crippen LogP contribution >= 0.6 is 24.0 Å². The van der Waals surface area contributed by atoms with Crippen molar-refractivity contribution < 1.29 is 9.53 Å². The number of hydrogen-bond acceptors (Lipinski definition) is 4. The lowest BCUT2D eigenvalue weighted by Crippen LogP contribution is -2.49. The average molecular weight is 546 g/mol. The number of benzene rings is 1. The number of ether oxygens (including phenoxy) is 1. The first-order chi connectivity index (χ1) is 14.4. The molecule has 1 fully saturated rings. The molecule has 0 radical (unpaired) electrons. The quantitative estimate of drug-likeness (QED) is 0.284. The highest BCUT2D eigenvalue weighted by molar-refractivity contribution is 14.0. The number of guanidine groups is 1. The number of nitrogens with zero attached hydrogens (tertiary/aromatic N) is 3. The highest BCUT2D eigenvalue weighted by Crippen LogP contribution is 2.10. The van der Waals surface area contributed by atoms with Gasteiger partial charge in [-0.05, 0) is 50.8 Å². The van der Waals surface area contributed by atoms with E-state index in [0.29, 0.717) is 12.1 Å². The second-order valence-electron chi connectivity index (χ2n) is 8.33. The lowest BCUT2D eigenvalue weighted by Gasteiger charge is -2.33. The van der Waals surface area contributed by atoms with Gasteiger partial charge in [-0.3, -0.25) is 9.79 Å². The highest BCUT2D eigenvalue weighted by atomic mass is 127. The van der Waals surface area contributed by atoms with Gasteiger partial charge in [-0.15, -0.1) is 24.0 Å². The molecule has 2 N–H and O–H groups in total. The Labute approximate surface area is 205 Å². The Hall–Kier alpha value is -1.39. The minimum absolute atomic E-state index is 0. The number of rotatable bonds is 9. The molecule has 0 unspecified atom stereocenters.